The normalized spacial score (nSPS) is 34.2. The van der Waals surface area contributed by atoms with Crippen molar-refractivity contribution in [3.8, 4) is 0 Å². The van der Waals surface area contributed by atoms with Gasteiger partial charge < -0.3 is 5.32 Å². The maximum atomic E-state index is 13.4. The number of nitrogens with zero attached hydrogens (tertiary/aromatic N) is 5. The molecule has 27 heavy (non-hydrogen) atoms. The summed E-state index contributed by atoms with van der Waals surface area (Å²) in [5.41, 5.74) is 0.549. The number of halogens is 2. The number of hydrogen-bond donors (Lipinski definition) is 1. The molecule has 0 aliphatic heterocycles. The highest BCUT2D eigenvalue weighted by atomic mass is 79.9. The standard InChI is InChI=1S/C18H22BrClN6O/c1-25-14(13(19)7-23-25)8-21-15(27)17-3-11-2-12(4-17)6-18(5-11,9-17)26-10-22-16(20)24-26/h7,10-12H,2-6,8-9H2,1H3,(H,21,27). The van der Waals surface area contributed by atoms with Crippen molar-refractivity contribution in [1.29, 1.82) is 0 Å². The fourth-order valence-electron chi connectivity index (χ4n) is 6.21. The van der Waals surface area contributed by atoms with E-state index in [-0.39, 0.29) is 22.1 Å². The molecule has 2 heterocycles. The molecule has 0 aromatic carbocycles. The van der Waals surface area contributed by atoms with Gasteiger partial charge in [0.1, 0.15) is 6.33 Å². The van der Waals surface area contributed by atoms with Gasteiger partial charge in [-0.25, -0.2) is 9.67 Å². The molecular weight excluding hydrogens is 432 g/mol. The number of carbonyl (C=O) groups is 1. The van der Waals surface area contributed by atoms with E-state index in [0.717, 1.165) is 42.3 Å². The number of hydrogen-bond acceptors (Lipinski definition) is 4. The van der Waals surface area contributed by atoms with Gasteiger partial charge in [0.15, 0.2) is 0 Å². The van der Waals surface area contributed by atoms with Crippen molar-refractivity contribution in [2.75, 3.05) is 0 Å². The van der Waals surface area contributed by atoms with Gasteiger partial charge >= 0.3 is 0 Å². The number of aromatic nitrogens is 5. The molecule has 0 saturated heterocycles. The third kappa shape index (κ3) is 2.75. The molecule has 7 nitrogen and oxygen atoms in total. The first kappa shape index (κ1) is 17.7. The lowest BCUT2D eigenvalue weighted by Gasteiger charge is -2.60. The van der Waals surface area contributed by atoms with Crippen molar-refractivity contribution in [2.45, 2.75) is 50.6 Å². The topological polar surface area (TPSA) is 77.6 Å². The largest absolute Gasteiger partial charge is 0.350 e. The maximum absolute atomic E-state index is 13.4. The fourth-order valence-corrected chi connectivity index (χ4v) is 6.82. The molecule has 4 aliphatic rings. The average Bonchev–Trinajstić information content (AvgIpc) is 3.18. The Morgan fingerprint density at radius 3 is 2.70 bits per heavy atom. The molecule has 4 saturated carbocycles. The van der Waals surface area contributed by atoms with Gasteiger partial charge in [0.05, 0.1) is 33.9 Å². The monoisotopic (exact) mass is 452 g/mol. The smallest absolute Gasteiger partial charge is 0.242 e. The molecule has 2 aromatic rings. The van der Waals surface area contributed by atoms with E-state index >= 15 is 0 Å². The van der Waals surface area contributed by atoms with Crippen molar-refractivity contribution in [1.82, 2.24) is 29.9 Å². The zero-order valence-corrected chi connectivity index (χ0v) is 17.5. The lowest BCUT2D eigenvalue weighted by atomic mass is 9.46. The maximum Gasteiger partial charge on any atom is 0.242 e. The second-order valence-electron chi connectivity index (χ2n) is 8.67. The Balaban J connectivity index is 1.41. The number of aryl methyl sites for hydroxylation is 1. The number of rotatable bonds is 4. The first-order valence-corrected chi connectivity index (χ1v) is 10.6. The minimum Gasteiger partial charge on any atom is -0.350 e. The Labute approximate surface area is 171 Å². The lowest BCUT2D eigenvalue weighted by molar-refractivity contribution is -0.156. The Kier molecular flexibility index (Phi) is 3.95. The van der Waals surface area contributed by atoms with Crippen LogP contribution in [0.4, 0.5) is 0 Å². The summed E-state index contributed by atoms with van der Waals surface area (Å²) in [5, 5.41) is 12.1. The molecular formula is C18H22BrClN6O. The molecule has 4 bridgehead atoms. The van der Waals surface area contributed by atoms with Crippen LogP contribution < -0.4 is 5.32 Å². The van der Waals surface area contributed by atoms with Crippen LogP contribution in [0.25, 0.3) is 0 Å². The third-order valence-corrected chi connectivity index (χ3v) is 7.72. The second-order valence-corrected chi connectivity index (χ2v) is 9.86. The number of amides is 1. The highest BCUT2D eigenvalue weighted by Gasteiger charge is 2.61. The van der Waals surface area contributed by atoms with E-state index in [9.17, 15) is 4.79 Å². The zero-order chi connectivity index (χ0) is 18.8. The van der Waals surface area contributed by atoms with Gasteiger partial charge in [0.25, 0.3) is 0 Å². The minimum absolute atomic E-state index is 0.116. The van der Waals surface area contributed by atoms with Crippen LogP contribution in [0.15, 0.2) is 17.0 Å². The summed E-state index contributed by atoms with van der Waals surface area (Å²) in [4.78, 5) is 17.5. The fraction of sp³-hybridized carbons (Fsp3) is 0.667. The van der Waals surface area contributed by atoms with Crippen molar-refractivity contribution in [2.24, 2.45) is 24.3 Å². The molecule has 144 valence electrons. The number of carbonyl (C=O) groups excluding carboxylic acids is 1. The van der Waals surface area contributed by atoms with Crippen LogP contribution in [0.3, 0.4) is 0 Å². The molecule has 2 aromatic heterocycles. The van der Waals surface area contributed by atoms with E-state index in [4.69, 9.17) is 11.6 Å². The summed E-state index contributed by atoms with van der Waals surface area (Å²) in [5.74, 6) is 1.31. The average molecular weight is 454 g/mol. The first-order chi connectivity index (χ1) is 12.9. The highest BCUT2D eigenvalue weighted by molar-refractivity contribution is 9.10. The number of nitrogens with one attached hydrogen (secondary N) is 1. The van der Waals surface area contributed by atoms with Gasteiger partial charge in [-0.1, -0.05) is 0 Å². The van der Waals surface area contributed by atoms with E-state index in [1.807, 2.05) is 11.7 Å². The van der Waals surface area contributed by atoms with Crippen LogP contribution in [-0.2, 0) is 23.9 Å². The predicted molar refractivity (Wildman–Crippen MR) is 103 cm³/mol. The molecule has 9 heteroatoms. The molecule has 2 unspecified atom stereocenters. The molecule has 4 aliphatic carbocycles. The summed E-state index contributed by atoms with van der Waals surface area (Å²) in [7, 11) is 1.89. The van der Waals surface area contributed by atoms with E-state index in [1.165, 1.54) is 6.42 Å². The summed E-state index contributed by atoms with van der Waals surface area (Å²) >= 11 is 9.51. The van der Waals surface area contributed by atoms with Crippen molar-refractivity contribution in [3.05, 3.63) is 28.0 Å². The van der Waals surface area contributed by atoms with Crippen molar-refractivity contribution >= 4 is 33.4 Å². The second kappa shape index (κ2) is 6.04. The Bertz CT molecular complexity index is 874. The Hall–Kier alpha value is -1.41. The summed E-state index contributed by atoms with van der Waals surface area (Å²) in [6.07, 6.45) is 9.66. The Morgan fingerprint density at radius 2 is 2.11 bits per heavy atom. The van der Waals surface area contributed by atoms with Crippen LogP contribution in [0, 0.1) is 17.3 Å². The van der Waals surface area contributed by atoms with E-state index in [2.05, 4.69) is 36.4 Å². The molecule has 1 amide bonds. The van der Waals surface area contributed by atoms with Gasteiger partial charge in [-0.05, 0) is 77.9 Å². The van der Waals surface area contributed by atoms with E-state index < -0.39 is 0 Å². The van der Waals surface area contributed by atoms with Crippen LogP contribution in [-0.4, -0.2) is 30.5 Å². The Morgan fingerprint density at radius 1 is 1.37 bits per heavy atom. The van der Waals surface area contributed by atoms with Crippen molar-refractivity contribution < 1.29 is 4.79 Å². The van der Waals surface area contributed by atoms with Gasteiger partial charge in [0, 0.05) is 7.05 Å². The van der Waals surface area contributed by atoms with E-state index in [1.54, 1.807) is 17.2 Å². The first-order valence-electron chi connectivity index (χ1n) is 9.41. The van der Waals surface area contributed by atoms with E-state index in [0.29, 0.717) is 18.4 Å². The zero-order valence-electron chi connectivity index (χ0n) is 15.2. The van der Waals surface area contributed by atoms with Crippen LogP contribution >= 0.6 is 27.5 Å². The van der Waals surface area contributed by atoms with Gasteiger partial charge in [-0.3, -0.25) is 9.48 Å². The van der Waals surface area contributed by atoms with Crippen molar-refractivity contribution in [3.63, 3.8) is 0 Å². The third-order valence-electron chi connectivity index (χ3n) is 6.89. The van der Waals surface area contributed by atoms with Crippen LogP contribution in [0.2, 0.25) is 5.28 Å². The van der Waals surface area contributed by atoms with Gasteiger partial charge in [0.2, 0.25) is 11.2 Å². The molecule has 0 radical (unpaired) electrons. The highest BCUT2D eigenvalue weighted by Crippen LogP contribution is 2.64. The summed E-state index contributed by atoms with van der Waals surface area (Å²) in [6, 6.07) is 0. The quantitative estimate of drug-likeness (QED) is 0.772. The summed E-state index contributed by atoms with van der Waals surface area (Å²) < 4.78 is 4.67. The molecule has 2 atom stereocenters. The van der Waals surface area contributed by atoms with Crippen LogP contribution in [0.5, 0.6) is 0 Å². The predicted octanol–water partition coefficient (Wildman–Crippen LogP) is 3.04. The molecule has 1 N–H and O–H groups in total. The molecule has 6 rings (SSSR count). The van der Waals surface area contributed by atoms with Crippen LogP contribution in [0.1, 0.15) is 44.2 Å². The minimum atomic E-state index is -0.312. The van der Waals surface area contributed by atoms with Gasteiger partial charge in [-0.15, -0.1) is 5.10 Å². The summed E-state index contributed by atoms with van der Waals surface area (Å²) in [6.45, 7) is 0.481. The lowest BCUT2D eigenvalue weighted by Crippen LogP contribution is -2.61. The molecule has 0 spiro atoms. The SMILES string of the molecule is Cn1ncc(Br)c1CNC(=O)C12CC3CC(C1)CC(n1cnc(Cl)n1)(C3)C2. The van der Waals surface area contributed by atoms with Gasteiger partial charge in [-0.2, -0.15) is 5.10 Å². The molecule has 4 fully saturated rings.